The summed E-state index contributed by atoms with van der Waals surface area (Å²) in [4.78, 5) is 12.5. The van der Waals surface area contributed by atoms with E-state index >= 15 is 0 Å². The number of hydrogen-bond acceptors (Lipinski definition) is 3. The molecule has 0 spiro atoms. The van der Waals surface area contributed by atoms with Crippen molar-refractivity contribution < 1.29 is 9.53 Å². The van der Waals surface area contributed by atoms with Gasteiger partial charge in [0.1, 0.15) is 12.4 Å². The van der Waals surface area contributed by atoms with Crippen LogP contribution in [-0.4, -0.2) is 15.7 Å². The van der Waals surface area contributed by atoms with Crippen LogP contribution in [0.3, 0.4) is 0 Å². The normalized spacial score (nSPS) is 10.6. The molecule has 4 aromatic rings. The molecule has 0 unspecified atom stereocenters. The zero-order chi connectivity index (χ0) is 21.6. The molecule has 0 bridgehead atoms. The molecule has 0 saturated heterocycles. The van der Waals surface area contributed by atoms with E-state index in [0.717, 1.165) is 11.1 Å². The van der Waals surface area contributed by atoms with E-state index in [4.69, 9.17) is 27.9 Å². The molecule has 5 nitrogen and oxygen atoms in total. The summed E-state index contributed by atoms with van der Waals surface area (Å²) < 4.78 is 7.45. The summed E-state index contributed by atoms with van der Waals surface area (Å²) in [5, 5.41) is 8.52. The zero-order valence-electron chi connectivity index (χ0n) is 16.5. The monoisotopic (exact) mass is 451 g/mol. The first-order valence-corrected chi connectivity index (χ1v) is 10.4. The van der Waals surface area contributed by atoms with Crippen molar-refractivity contribution in [3.05, 3.63) is 112 Å². The van der Waals surface area contributed by atoms with Crippen LogP contribution in [0.5, 0.6) is 5.75 Å². The third kappa shape index (κ3) is 5.66. The van der Waals surface area contributed by atoms with Gasteiger partial charge in [0, 0.05) is 27.9 Å². The molecule has 1 heterocycles. The van der Waals surface area contributed by atoms with Crippen LogP contribution in [0.2, 0.25) is 10.0 Å². The zero-order valence-corrected chi connectivity index (χ0v) is 18.0. The quantitative estimate of drug-likeness (QED) is 0.370. The number of halogens is 2. The van der Waals surface area contributed by atoms with Gasteiger partial charge >= 0.3 is 0 Å². The van der Waals surface area contributed by atoms with Crippen molar-refractivity contribution in [2.24, 2.45) is 0 Å². The maximum Gasteiger partial charge on any atom is 0.256 e. The van der Waals surface area contributed by atoms with E-state index in [1.54, 1.807) is 41.2 Å². The number of anilines is 1. The SMILES string of the molecule is O=C(Nc1ccn(Cc2ccccc2Cl)n1)c1ccc(COc2cccc(Cl)c2)cc1. The van der Waals surface area contributed by atoms with Crippen molar-refractivity contribution in [2.45, 2.75) is 13.2 Å². The minimum absolute atomic E-state index is 0.231. The van der Waals surface area contributed by atoms with Crippen LogP contribution < -0.4 is 10.1 Å². The summed E-state index contributed by atoms with van der Waals surface area (Å²) in [5.74, 6) is 0.942. The van der Waals surface area contributed by atoms with Gasteiger partial charge in [0.15, 0.2) is 5.82 Å². The van der Waals surface area contributed by atoms with Gasteiger partial charge < -0.3 is 10.1 Å². The Morgan fingerprint density at radius 3 is 2.55 bits per heavy atom. The molecule has 0 aliphatic rings. The fourth-order valence-electron chi connectivity index (χ4n) is 2.98. The fraction of sp³-hybridized carbons (Fsp3) is 0.0833. The van der Waals surface area contributed by atoms with Crippen molar-refractivity contribution in [2.75, 3.05) is 5.32 Å². The summed E-state index contributed by atoms with van der Waals surface area (Å²) in [6.07, 6.45) is 1.80. The van der Waals surface area contributed by atoms with Gasteiger partial charge in [-0.15, -0.1) is 0 Å². The average molecular weight is 452 g/mol. The average Bonchev–Trinajstić information content (AvgIpc) is 3.21. The second-order valence-corrected chi connectivity index (χ2v) is 7.73. The van der Waals surface area contributed by atoms with Crippen LogP contribution in [0.25, 0.3) is 0 Å². The first-order chi connectivity index (χ1) is 15.1. The van der Waals surface area contributed by atoms with E-state index in [1.165, 1.54) is 0 Å². The number of amides is 1. The van der Waals surface area contributed by atoms with Crippen molar-refractivity contribution in [1.82, 2.24) is 9.78 Å². The van der Waals surface area contributed by atoms with E-state index in [0.29, 0.717) is 40.3 Å². The molecule has 0 radical (unpaired) electrons. The lowest BCUT2D eigenvalue weighted by atomic mass is 10.1. The molecule has 0 atom stereocenters. The standard InChI is InChI=1S/C24H19Cl2N3O2/c25-20-5-3-6-21(14-20)31-16-17-8-10-18(11-9-17)24(30)27-23-12-13-29(28-23)15-19-4-1-2-7-22(19)26/h1-14H,15-16H2,(H,27,28,30). The van der Waals surface area contributed by atoms with Gasteiger partial charge in [-0.3, -0.25) is 9.48 Å². The highest BCUT2D eigenvalue weighted by atomic mass is 35.5. The van der Waals surface area contributed by atoms with E-state index in [2.05, 4.69) is 10.4 Å². The lowest BCUT2D eigenvalue weighted by molar-refractivity contribution is 0.102. The van der Waals surface area contributed by atoms with Gasteiger partial charge in [-0.25, -0.2) is 0 Å². The first kappa shape index (κ1) is 21.0. The number of nitrogens with zero attached hydrogens (tertiary/aromatic N) is 2. The summed E-state index contributed by atoms with van der Waals surface area (Å²) >= 11 is 12.2. The Kier molecular flexibility index (Phi) is 6.55. The Morgan fingerprint density at radius 2 is 1.77 bits per heavy atom. The molecular weight excluding hydrogens is 433 g/mol. The number of aromatic nitrogens is 2. The minimum atomic E-state index is -0.231. The van der Waals surface area contributed by atoms with Gasteiger partial charge in [-0.1, -0.05) is 59.6 Å². The summed E-state index contributed by atoms with van der Waals surface area (Å²) in [5.41, 5.74) is 2.44. The summed E-state index contributed by atoms with van der Waals surface area (Å²) in [6.45, 7) is 0.908. The number of rotatable bonds is 7. The molecule has 31 heavy (non-hydrogen) atoms. The molecule has 0 aliphatic carbocycles. The highest BCUT2D eigenvalue weighted by molar-refractivity contribution is 6.31. The first-order valence-electron chi connectivity index (χ1n) is 9.62. The van der Waals surface area contributed by atoms with Crippen LogP contribution >= 0.6 is 23.2 Å². The van der Waals surface area contributed by atoms with E-state index in [9.17, 15) is 4.79 Å². The van der Waals surface area contributed by atoms with Crippen molar-refractivity contribution in [3.8, 4) is 5.75 Å². The van der Waals surface area contributed by atoms with Crippen molar-refractivity contribution >= 4 is 34.9 Å². The molecule has 1 N–H and O–H groups in total. The molecule has 1 amide bonds. The molecule has 0 saturated carbocycles. The van der Waals surface area contributed by atoms with Crippen LogP contribution in [0, 0.1) is 0 Å². The minimum Gasteiger partial charge on any atom is -0.489 e. The maximum absolute atomic E-state index is 12.5. The predicted octanol–water partition coefficient (Wildman–Crippen LogP) is 6.07. The number of nitrogens with one attached hydrogen (secondary N) is 1. The smallest absolute Gasteiger partial charge is 0.256 e. The van der Waals surface area contributed by atoms with Crippen LogP contribution in [0.15, 0.2) is 85.1 Å². The Morgan fingerprint density at radius 1 is 0.968 bits per heavy atom. The van der Waals surface area contributed by atoms with Gasteiger partial charge in [0.2, 0.25) is 0 Å². The van der Waals surface area contributed by atoms with Crippen LogP contribution in [0.4, 0.5) is 5.82 Å². The Labute approximate surface area is 190 Å². The Hall–Kier alpha value is -3.28. The third-order valence-corrected chi connectivity index (χ3v) is 5.19. The molecule has 0 fully saturated rings. The number of ether oxygens (including phenoxy) is 1. The largest absolute Gasteiger partial charge is 0.489 e. The highest BCUT2D eigenvalue weighted by Crippen LogP contribution is 2.19. The number of hydrogen-bond donors (Lipinski definition) is 1. The van der Waals surface area contributed by atoms with Gasteiger partial charge in [-0.2, -0.15) is 5.10 Å². The highest BCUT2D eigenvalue weighted by Gasteiger charge is 2.09. The Bertz CT molecular complexity index is 1190. The molecule has 4 rings (SSSR count). The number of carbonyl (C=O) groups is 1. The van der Waals surface area contributed by atoms with Gasteiger partial charge in [0.05, 0.1) is 6.54 Å². The van der Waals surface area contributed by atoms with Gasteiger partial charge in [-0.05, 0) is 47.5 Å². The lowest BCUT2D eigenvalue weighted by Crippen LogP contribution is -2.13. The second-order valence-electron chi connectivity index (χ2n) is 6.89. The molecule has 0 aliphatic heterocycles. The van der Waals surface area contributed by atoms with E-state index < -0.39 is 0 Å². The maximum atomic E-state index is 12.5. The van der Waals surface area contributed by atoms with E-state index in [-0.39, 0.29) is 5.91 Å². The van der Waals surface area contributed by atoms with E-state index in [1.807, 2.05) is 48.5 Å². The fourth-order valence-corrected chi connectivity index (χ4v) is 3.36. The molecule has 3 aromatic carbocycles. The molecule has 1 aromatic heterocycles. The summed E-state index contributed by atoms with van der Waals surface area (Å²) in [6, 6.07) is 23.8. The predicted molar refractivity (Wildman–Crippen MR) is 123 cm³/mol. The topological polar surface area (TPSA) is 56.2 Å². The molecule has 156 valence electrons. The van der Waals surface area contributed by atoms with Crippen molar-refractivity contribution in [1.29, 1.82) is 0 Å². The second kappa shape index (κ2) is 9.69. The lowest BCUT2D eigenvalue weighted by Gasteiger charge is -2.08. The number of benzene rings is 3. The van der Waals surface area contributed by atoms with Gasteiger partial charge in [0.25, 0.3) is 5.91 Å². The summed E-state index contributed by atoms with van der Waals surface area (Å²) in [7, 11) is 0. The third-order valence-electron chi connectivity index (χ3n) is 4.59. The molecular formula is C24H19Cl2N3O2. The Balaban J connectivity index is 1.33. The number of carbonyl (C=O) groups excluding carboxylic acids is 1. The van der Waals surface area contributed by atoms with Crippen LogP contribution in [0.1, 0.15) is 21.5 Å². The van der Waals surface area contributed by atoms with Crippen molar-refractivity contribution in [3.63, 3.8) is 0 Å². The molecule has 7 heteroatoms. The van der Waals surface area contributed by atoms with Crippen LogP contribution in [-0.2, 0) is 13.2 Å².